The van der Waals surface area contributed by atoms with Gasteiger partial charge in [0.25, 0.3) is 0 Å². The van der Waals surface area contributed by atoms with Crippen LogP contribution in [0.4, 0.5) is 10.2 Å². The first-order chi connectivity index (χ1) is 10.3. The first-order valence-corrected chi connectivity index (χ1v) is 8.49. The minimum atomic E-state index is -4.07. The molecule has 118 valence electrons. The Morgan fingerprint density at radius 1 is 1.41 bits per heavy atom. The monoisotopic (exact) mass is 327 g/mol. The zero-order chi connectivity index (χ0) is 15.9. The van der Waals surface area contributed by atoms with Gasteiger partial charge in [0.1, 0.15) is 17.7 Å². The van der Waals surface area contributed by atoms with E-state index < -0.39 is 13.6 Å². The predicted molar refractivity (Wildman–Crippen MR) is 77.6 cm³/mol. The van der Waals surface area contributed by atoms with Crippen LogP contribution in [0.2, 0.25) is 0 Å². The Labute approximate surface area is 125 Å². The van der Waals surface area contributed by atoms with E-state index >= 15 is 0 Å². The lowest BCUT2D eigenvalue weighted by Crippen LogP contribution is -2.09. The molecule has 1 aliphatic rings. The van der Waals surface area contributed by atoms with E-state index in [9.17, 15) is 8.96 Å². The molecular weight excluding hydrogens is 312 g/mol. The molecule has 3 rings (SSSR count). The molecule has 4 N–H and O–H groups in total. The predicted octanol–water partition coefficient (Wildman–Crippen LogP) is 1.39. The van der Waals surface area contributed by atoms with Gasteiger partial charge in [0.2, 0.25) is 0 Å². The molecule has 0 unspecified atom stereocenters. The van der Waals surface area contributed by atoms with Gasteiger partial charge in [0.05, 0.1) is 18.5 Å². The third-order valence-electron chi connectivity index (χ3n) is 3.75. The highest BCUT2D eigenvalue weighted by atomic mass is 31.2. The molecule has 10 heteroatoms. The number of fused-ring (bicyclic) bond motifs is 1. The van der Waals surface area contributed by atoms with E-state index in [0.29, 0.717) is 17.6 Å². The van der Waals surface area contributed by atoms with Crippen molar-refractivity contribution in [2.75, 3.05) is 11.9 Å². The number of rotatable bonds is 4. The summed E-state index contributed by atoms with van der Waals surface area (Å²) in [6, 6.07) is -0.582. The maximum absolute atomic E-state index is 14.2. The zero-order valence-electron chi connectivity index (χ0n) is 11.5. The van der Waals surface area contributed by atoms with E-state index in [2.05, 4.69) is 15.0 Å². The van der Waals surface area contributed by atoms with Crippen LogP contribution in [0, 0.1) is 5.92 Å². The van der Waals surface area contributed by atoms with Crippen molar-refractivity contribution in [1.29, 1.82) is 0 Å². The van der Waals surface area contributed by atoms with Gasteiger partial charge in [-0.3, -0.25) is 4.57 Å². The first kappa shape index (κ1) is 15.1. The van der Waals surface area contributed by atoms with Crippen molar-refractivity contribution in [1.82, 2.24) is 19.5 Å². The molecular formula is C12H15FN5O3P. The second-order valence-corrected chi connectivity index (χ2v) is 7.10. The van der Waals surface area contributed by atoms with Crippen LogP contribution in [0.5, 0.6) is 0 Å². The fourth-order valence-electron chi connectivity index (χ4n) is 2.68. The van der Waals surface area contributed by atoms with Gasteiger partial charge in [-0.1, -0.05) is 0 Å². The first-order valence-electron chi connectivity index (χ1n) is 6.70. The molecule has 22 heavy (non-hydrogen) atoms. The smallest absolute Gasteiger partial charge is 0.325 e. The molecule has 2 aromatic heterocycles. The standard InChI is InChI=1S/C12H15FN5O3P/c13-8-3-7(1-2-22(19,20)21)4-9(8)18-6-17-10-11(14)15-5-16-12(10)18/h3,5-7,9H,1-2,4H2,(H2,14,15,16)(H2,19,20,21)/t7-,9-/m1/s1. The molecule has 8 nitrogen and oxygen atoms in total. The maximum atomic E-state index is 14.2. The lowest BCUT2D eigenvalue weighted by Gasteiger charge is -2.14. The van der Waals surface area contributed by atoms with Crippen molar-refractivity contribution in [2.45, 2.75) is 18.9 Å². The molecule has 0 amide bonds. The minimum Gasteiger partial charge on any atom is -0.382 e. The molecule has 0 spiro atoms. The average Bonchev–Trinajstić information content (AvgIpc) is 3.00. The summed E-state index contributed by atoms with van der Waals surface area (Å²) in [5.74, 6) is -0.356. The summed E-state index contributed by atoms with van der Waals surface area (Å²) in [5, 5.41) is 0. The van der Waals surface area contributed by atoms with Crippen molar-refractivity contribution in [3.05, 3.63) is 24.6 Å². The Balaban J connectivity index is 1.82. The normalized spacial score (nSPS) is 22.2. The largest absolute Gasteiger partial charge is 0.382 e. The lowest BCUT2D eigenvalue weighted by molar-refractivity contribution is 0.366. The Morgan fingerprint density at radius 3 is 2.91 bits per heavy atom. The number of allylic oxidation sites excluding steroid dienone is 2. The minimum absolute atomic E-state index is 0.226. The molecule has 2 heterocycles. The molecule has 0 aliphatic heterocycles. The molecule has 2 aromatic rings. The van der Waals surface area contributed by atoms with Gasteiger partial charge in [0.15, 0.2) is 11.5 Å². The number of hydrogen-bond donors (Lipinski definition) is 3. The molecule has 0 aromatic carbocycles. The Kier molecular flexibility index (Phi) is 3.72. The van der Waals surface area contributed by atoms with Crippen LogP contribution in [-0.4, -0.2) is 35.5 Å². The number of nitrogens with zero attached hydrogens (tertiary/aromatic N) is 4. The van der Waals surface area contributed by atoms with E-state index in [1.165, 1.54) is 18.7 Å². The molecule has 0 fully saturated rings. The number of nitrogen functional groups attached to an aromatic ring is 1. The highest BCUT2D eigenvalue weighted by molar-refractivity contribution is 7.51. The third-order valence-corrected chi connectivity index (χ3v) is 4.59. The van der Waals surface area contributed by atoms with Crippen molar-refractivity contribution in [3.63, 3.8) is 0 Å². The summed E-state index contributed by atoms with van der Waals surface area (Å²) in [6.45, 7) is 0. The van der Waals surface area contributed by atoms with Gasteiger partial charge in [-0.05, 0) is 24.8 Å². The van der Waals surface area contributed by atoms with Crippen molar-refractivity contribution in [2.24, 2.45) is 5.92 Å². The quantitative estimate of drug-likeness (QED) is 0.724. The van der Waals surface area contributed by atoms with Gasteiger partial charge in [0, 0.05) is 0 Å². The summed E-state index contributed by atoms with van der Waals surface area (Å²) in [6.07, 6.45) is 4.54. The van der Waals surface area contributed by atoms with Crippen LogP contribution in [0.15, 0.2) is 24.6 Å². The summed E-state index contributed by atoms with van der Waals surface area (Å²) in [5.41, 5.74) is 6.56. The maximum Gasteiger partial charge on any atom is 0.325 e. The Morgan fingerprint density at radius 2 is 2.18 bits per heavy atom. The van der Waals surface area contributed by atoms with E-state index in [4.69, 9.17) is 15.5 Å². The van der Waals surface area contributed by atoms with Crippen LogP contribution >= 0.6 is 7.60 Å². The van der Waals surface area contributed by atoms with Crippen LogP contribution in [0.3, 0.4) is 0 Å². The molecule has 0 saturated heterocycles. The van der Waals surface area contributed by atoms with E-state index in [1.54, 1.807) is 4.57 Å². The molecule has 0 saturated carbocycles. The van der Waals surface area contributed by atoms with Gasteiger partial charge in [-0.2, -0.15) is 0 Å². The molecule has 1 aliphatic carbocycles. The number of halogens is 1. The van der Waals surface area contributed by atoms with Crippen molar-refractivity contribution < 1.29 is 18.7 Å². The van der Waals surface area contributed by atoms with Gasteiger partial charge in [-0.15, -0.1) is 0 Å². The Hall–Kier alpha value is -1.83. The summed E-state index contributed by atoms with van der Waals surface area (Å²) in [4.78, 5) is 29.9. The molecule has 0 radical (unpaired) electrons. The van der Waals surface area contributed by atoms with Gasteiger partial charge in [-0.25, -0.2) is 19.3 Å². The highest BCUT2D eigenvalue weighted by Crippen LogP contribution is 2.42. The van der Waals surface area contributed by atoms with Gasteiger partial charge >= 0.3 is 7.60 Å². The molecule has 0 bridgehead atoms. The average molecular weight is 327 g/mol. The van der Waals surface area contributed by atoms with E-state index in [-0.39, 0.29) is 30.1 Å². The number of hydrogen-bond acceptors (Lipinski definition) is 5. The number of anilines is 1. The summed E-state index contributed by atoms with van der Waals surface area (Å²) < 4.78 is 26.7. The van der Waals surface area contributed by atoms with E-state index in [1.807, 2.05) is 0 Å². The molecule has 2 atom stereocenters. The number of nitrogens with two attached hydrogens (primary N) is 1. The van der Waals surface area contributed by atoms with Crippen LogP contribution in [-0.2, 0) is 4.57 Å². The topological polar surface area (TPSA) is 127 Å². The fourth-order valence-corrected chi connectivity index (χ4v) is 3.35. The number of imidazole rings is 1. The fraction of sp³-hybridized carbons (Fsp3) is 0.417. The van der Waals surface area contributed by atoms with Crippen molar-refractivity contribution in [3.8, 4) is 0 Å². The van der Waals surface area contributed by atoms with Crippen LogP contribution in [0.1, 0.15) is 18.9 Å². The van der Waals surface area contributed by atoms with Crippen LogP contribution in [0.25, 0.3) is 11.2 Å². The second-order valence-electron chi connectivity index (χ2n) is 5.32. The van der Waals surface area contributed by atoms with Gasteiger partial charge < -0.3 is 20.1 Å². The van der Waals surface area contributed by atoms with Crippen molar-refractivity contribution >= 4 is 24.6 Å². The third kappa shape index (κ3) is 2.87. The number of aromatic nitrogens is 4. The second kappa shape index (κ2) is 5.42. The highest BCUT2D eigenvalue weighted by Gasteiger charge is 2.31. The van der Waals surface area contributed by atoms with E-state index in [0.717, 1.165) is 0 Å². The zero-order valence-corrected chi connectivity index (χ0v) is 12.4. The Bertz CT molecular complexity index is 786. The lowest BCUT2D eigenvalue weighted by atomic mass is 10.1. The summed E-state index contributed by atoms with van der Waals surface area (Å²) >= 11 is 0. The van der Waals surface area contributed by atoms with Crippen LogP contribution < -0.4 is 5.73 Å². The SMILES string of the molecule is Nc1ncnc2c1ncn2[C@@H]1C[C@H](CCP(=O)(O)O)C=C1F. The summed E-state index contributed by atoms with van der Waals surface area (Å²) in [7, 11) is -4.07.